The van der Waals surface area contributed by atoms with Crippen molar-refractivity contribution in [2.75, 3.05) is 0 Å². The highest BCUT2D eigenvalue weighted by Crippen LogP contribution is 2.30. The fourth-order valence-electron chi connectivity index (χ4n) is 2.13. The molecule has 1 aliphatic rings. The number of benzene rings is 1. The first-order valence-corrected chi connectivity index (χ1v) is 7.60. The molecule has 0 saturated carbocycles. The molecule has 0 saturated heterocycles. The Morgan fingerprint density at radius 3 is 2.68 bits per heavy atom. The van der Waals surface area contributed by atoms with Crippen LogP contribution in [0, 0.1) is 0 Å². The maximum absolute atomic E-state index is 11.9. The highest BCUT2D eigenvalue weighted by Gasteiger charge is 2.26. The lowest BCUT2D eigenvalue weighted by atomic mass is 10.1. The van der Waals surface area contributed by atoms with Gasteiger partial charge in [-0.15, -0.1) is 0 Å². The van der Waals surface area contributed by atoms with Crippen molar-refractivity contribution < 1.29 is 9.00 Å². The number of carbonyl (C=O) groups excluding carboxylic acids is 1. The van der Waals surface area contributed by atoms with Gasteiger partial charge >= 0.3 is 6.03 Å². The van der Waals surface area contributed by atoms with E-state index in [4.69, 9.17) is 0 Å². The standard InChI is InChI=1S/C14H20N2O2S/c1-14(2,3)19(18)16-13(17)15-12-9-8-10-6-4-5-7-11(10)12/h4-7,12H,8-9H2,1-3H3,(H2,15,16,17)/t12-,19?/m1/s1. The summed E-state index contributed by atoms with van der Waals surface area (Å²) in [4.78, 5) is 11.9. The van der Waals surface area contributed by atoms with E-state index in [0.717, 1.165) is 12.8 Å². The van der Waals surface area contributed by atoms with Gasteiger partial charge < -0.3 is 5.32 Å². The summed E-state index contributed by atoms with van der Waals surface area (Å²) in [5.74, 6) is 0. The second-order valence-electron chi connectivity index (χ2n) is 5.75. The lowest BCUT2D eigenvalue weighted by Crippen LogP contribution is -2.43. The van der Waals surface area contributed by atoms with Crippen LogP contribution >= 0.6 is 0 Å². The van der Waals surface area contributed by atoms with Crippen molar-refractivity contribution in [3.05, 3.63) is 35.4 Å². The highest BCUT2D eigenvalue weighted by atomic mass is 32.2. The van der Waals surface area contributed by atoms with E-state index in [2.05, 4.69) is 16.1 Å². The summed E-state index contributed by atoms with van der Waals surface area (Å²) in [7, 11) is -1.39. The molecule has 1 aromatic carbocycles. The minimum atomic E-state index is -1.39. The van der Waals surface area contributed by atoms with Crippen molar-refractivity contribution in [2.45, 2.75) is 44.4 Å². The van der Waals surface area contributed by atoms with E-state index < -0.39 is 15.7 Å². The number of fused-ring (bicyclic) bond motifs is 1. The molecule has 0 aromatic heterocycles. The molecule has 5 heteroatoms. The summed E-state index contributed by atoms with van der Waals surface area (Å²) in [5.41, 5.74) is 2.45. The molecule has 4 nitrogen and oxygen atoms in total. The van der Waals surface area contributed by atoms with Crippen LogP contribution in [0.5, 0.6) is 0 Å². The monoisotopic (exact) mass is 280 g/mol. The van der Waals surface area contributed by atoms with Crippen LogP contribution in [0.3, 0.4) is 0 Å². The SMILES string of the molecule is CC(C)(C)S(=O)NC(=O)N[C@@H]1CCc2ccccc21. The maximum Gasteiger partial charge on any atom is 0.327 e. The summed E-state index contributed by atoms with van der Waals surface area (Å²) in [6.45, 7) is 5.48. The van der Waals surface area contributed by atoms with Crippen LogP contribution < -0.4 is 10.0 Å². The van der Waals surface area contributed by atoms with E-state index in [1.54, 1.807) is 0 Å². The largest absolute Gasteiger partial charge is 0.331 e. The summed E-state index contributed by atoms with van der Waals surface area (Å²) >= 11 is 0. The molecule has 0 radical (unpaired) electrons. The first-order valence-electron chi connectivity index (χ1n) is 6.45. The minimum absolute atomic E-state index is 0.0215. The Morgan fingerprint density at radius 1 is 1.32 bits per heavy atom. The summed E-state index contributed by atoms with van der Waals surface area (Å²) in [6, 6.07) is 7.76. The van der Waals surface area contributed by atoms with E-state index >= 15 is 0 Å². The zero-order chi connectivity index (χ0) is 14.0. The van der Waals surface area contributed by atoms with Gasteiger partial charge in [-0.3, -0.25) is 4.72 Å². The predicted octanol–water partition coefficient (Wildman–Crippen LogP) is 2.44. The third-order valence-electron chi connectivity index (χ3n) is 3.18. The van der Waals surface area contributed by atoms with Crippen LogP contribution in [0.1, 0.15) is 44.4 Å². The van der Waals surface area contributed by atoms with E-state index in [-0.39, 0.29) is 12.1 Å². The second-order valence-corrected chi connectivity index (χ2v) is 7.71. The van der Waals surface area contributed by atoms with E-state index in [9.17, 15) is 9.00 Å². The molecule has 2 atom stereocenters. The fraction of sp³-hybridized carbons (Fsp3) is 0.500. The van der Waals surface area contributed by atoms with Gasteiger partial charge in [-0.05, 0) is 44.7 Å². The van der Waals surface area contributed by atoms with E-state index in [1.807, 2.05) is 39.0 Å². The molecular weight excluding hydrogens is 260 g/mol. The van der Waals surface area contributed by atoms with Crippen LogP contribution in [-0.2, 0) is 17.4 Å². The number of carbonyl (C=O) groups is 1. The molecule has 19 heavy (non-hydrogen) atoms. The van der Waals surface area contributed by atoms with E-state index in [1.165, 1.54) is 11.1 Å². The molecule has 1 unspecified atom stereocenters. The lowest BCUT2D eigenvalue weighted by molar-refractivity contribution is 0.242. The molecule has 0 fully saturated rings. The number of hydrogen-bond donors (Lipinski definition) is 2. The smallest absolute Gasteiger partial charge is 0.327 e. The Labute approximate surface area is 116 Å². The number of rotatable bonds is 2. The Hall–Kier alpha value is -1.36. The highest BCUT2D eigenvalue weighted by molar-refractivity contribution is 7.85. The zero-order valence-electron chi connectivity index (χ0n) is 11.5. The van der Waals surface area contributed by atoms with Gasteiger partial charge in [-0.2, -0.15) is 0 Å². The Kier molecular flexibility index (Phi) is 3.94. The molecule has 2 rings (SSSR count). The first kappa shape index (κ1) is 14.1. The first-order chi connectivity index (χ1) is 8.88. The van der Waals surface area contributed by atoms with Crippen LogP contribution in [0.4, 0.5) is 4.79 Å². The molecule has 1 aromatic rings. The van der Waals surface area contributed by atoms with Crippen LogP contribution in [0.25, 0.3) is 0 Å². The van der Waals surface area contributed by atoms with Crippen molar-refractivity contribution >= 4 is 17.0 Å². The lowest BCUT2D eigenvalue weighted by Gasteiger charge is -2.20. The van der Waals surface area contributed by atoms with Gasteiger partial charge in [-0.1, -0.05) is 24.3 Å². The average molecular weight is 280 g/mol. The number of urea groups is 1. The van der Waals surface area contributed by atoms with Gasteiger partial charge in [0.15, 0.2) is 0 Å². The van der Waals surface area contributed by atoms with Gasteiger partial charge in [0.05, 0.1) is 10.8 Å². The summed E-state index contributed by atoms with van der Waals surface area (Å²) < 4.78 is 13.9. The summed E-state index contributed by atoms with van der Waals surface area (Å²) in [6.07, 6.45) is 1.87. The number of aryl methyl sites for hydroxylation is 1. The second kappa shape index (κ2) is 5.33. The normalized spacial score (nSPS) is 19.6. The Bertz CT molecular complexity index is 508. The molecule has 104 valence electrons. The quantitative estimate of drug-likeness (QED) is 0.874. The number of nitrogens with one attached hydrogen (secondary N) is 2. The Balaban J connectivity index is 1.96. The van der Waals surface area contributed by atoms with Crippen molar-refractivity contribution in [1.29, 1.82) is 0 Å². The molecular formula is C14H20N2O2S. The topological polar surface area (TPSA) is 58.2 Å². The van der Waals surface area contributed by atoms with Crippen molar-refractivity contribution in [3.63, 3.8) is 0 Å². The number of amides is 2. The molecule has 0 bridgehead atoms. The molecule has 2 N–H and O–H groups in total. The third-order valence-corrected chi connectivity index (χ3v) is 4.66. The molecule has 0 spiro atoms. The maximum atomic E-state index is 11.9. The van der Waals surface area contributed by atoms with Gasteiger partial charge in [0, 0.05) is 0 Å². The van der Waals surface area contributed by atoms with Crippen molar-refractivity contribution in [2.24, 2.45) is 0 Å². The predicted molar refractivity (Wildman–Crippen MR) is 77.1 cm³/mol. The fourth-order valence-corrected chi connectivity index (χ4v) is 2.67. The molecule has 0 aliphatic heterocycles. The Morgan fingerprint density at radius 2 is 2.00 bits per heavy atom. The zero-order valence-corrected chi connectivity index (χ0v) is 12.3. The van der Waals surface area contributed by atoms with Crippen LogP contribution in [0.15, 0.2) is 24.3 Å². The van der Waals surface area contributed by atoms with Gasteiger partial charge in [0.25, 0.3) is 0 Å². The van der Waals surface area contributed by atoms with Gasteiger partial charge in [0.1, 0.15) is 11.0 Å². The average Bonchev–Trinajstić information content (AvgIpc) is 2.71. The van der Waals surface area contributed by atoms with Crippen LogP contribution in [-0.4, -0.2) is 15.0 Å². The number of hydrogen-bond acceptors (Lipinski definition) is 2. The third kappa shape index (κ3) is 3.35. The van der Waals surface area contributed by atoms with Gasteiger partial charge in [-0.25, -0.2) is 9.00 Å². The van der Waals surface area contributed by atoms with Crippen molar-refractivity contribution in [3.8, 4) is 0 Å². The minimum Gasteiger partial charge on any atom is -0.331 e. The van der Waals surface area contributed by atoms with E-state index in [0.29, 0.717) is 0 Å². The molecule has 0 heterocycles. The summed E-state index contributed by atoms with van der Waals surface area (Å²) in [5, 5.41) is 2.89. The molecule has 2 amide bonds. The molecule has 1 aliphatic carbocycles. The van der Waals surface area contributed by atoms with Gasteiger partial charge in [0.2, 0.25) is 0 Å². The van der Waals surface area contributed by atoms with Crippen LogP contribution in [0.2, 0.25) is 0 Å². The van der Waals surface area contributed by atoms with Crippen molar-refractivity contribution in [1.82, 2.24) is 10.0 Å².